The highest BCUT2D eigenvalue weighted by atomic mass is 79.9. The minimum atomic E-state index is -1.20. The Morgan fingerprint density at radius 3 is 2.00 bits per heavy atom. The lowest BCUT2D eigenvalue weighted by atomic mass is 9.95. The number of carboxylic acids is 2. The lowest BCUT2D eigenvalue weighted by molar-refractivity contribution is -0.136. The Hall–Kier alpha value is -2.40. The third-order valence-corrected chi connectivity index (χ3v) is 4.49. The summed E-state index contributed by atoms with van der Waals surface area (Å²) < 4.78 is 0.761. The van der Waals surface area contributed by atoms with E-state index < -0.39 is 11.9 Å². The van der Waals surface area contributed by atoms with Crippen LogP contribution in [0.1, 0.15) is 17.5 Å². The predicted molar refractivity (Wildman–Crippen MR) is 94.9 cm³/mol. The molecule has 2 aromatic rings. The lowest BCUT2D eigenvalue weighted by Gasteiger charge is -2.11. The van der Waals surface area contributed by atoms with E-state index in [9.17, 15) is 19.8 Å². The summed E-state index contributed by atoms with van der Waals surface area (Å²) >= 11 is 3.37. The summed E-state index contributed by atoms with van der Waals surface area (Å²) in [5.41, 5.74) is 1.59. The maximum absolute atomic E-state index is 11.6. The third kappa shape index (κ3) is 4.80. The van der Waals surface area contributed by atoms with Crippen molar-refractivity contribution in [1.82, 2.24) is 0 Å². The molecule has 5 heteroatoms. The van der Waals surface area contributed by atoms with Crippen molar-refractivity contribution in [2.24, 2.45) is 0 Å². The molecule has 0 bridgehead atoms. The van der Waals surface area contributed by atoms with Crippen LogP contribution in [0.25, 0.3) is 0 Å². The van der Waals surface area contributed by atoms with Crippen LogP contribution in [0.2, 0.25) is 0 Å². The molecule has 0 aliphatic heterocycles. The number of carboxylic acid groups (broad SMARTS) is 2. The summed E-state index contributed by atoms with van der Waals surface area (Å²) in [4.78, 5) is 23.2. The van der Waals surface area contributed by atoms with Crippen molar-refractivity contribution in [3.05, 3.63) is 81.3 Å². The SMILES string of the molecule is O=C(O)/C(CCc1ccccc1)=C(\Cc1ccccc1Br)C(=O)O. The van der Waals surface area contributed by atoms with Gasteiger partial charge in [0.1, 0.15) is 0 Å². The maximum atomic E-state index is 11.6. The van der Waals surface area contributed by atoms with Crippen molar-refractivity contribution in [3.8, 4) is 0 Å². The summed E-state index contributed by atoms with van der Waals surface area (Å²) in [5.74, 6) is -2.38. The average Bonchev–Trinajstić information content (AvgIpc) is 2.56. The van der Waals surface area contributed by atoms with Gasteiger partial charge in [-0.2, -0.15) is 0 Å². The molecule has 0 amide bonds. The van der Waals surface area contributed by atoms with E-state index in [1.54, 1.807) is 18.2 Å². The highest BCUT2D eigenvalue weighted by Gasteiger charge is 2.21. The number of hydrogen-bond donors (Lipinski definition) is 2. The van der Waals surface area contributed by atoms with E-state index in [1.807, 2.05) is 36.4 Å². The van der Waals surface area contributed by atoms with Crippen LogP contribution >= 0.6 is 15.9 Å². The molecule has 0 radical (unpaired) electrons. The van der Waals surface area contributed by atoms with Crippen LogP contribution in [0.3, 0.4) is 0 Å². The monoisotopic (exact) mass is 388 g/mol. The van der Waals surface area contributed by atoms with Gasteiger partial charge in [-0.25, -0.2) is 9.59 Å². The second-order valence-electron chi connectivity index (χ2n) is 5.32. The Balaban J connectivity index is 2.31. The number of carbonyl (C=O) groups is 2. The quantitative estimate of drug-likeness (QED) is 0.700. The zero-order valence-corrected chi connectivity index (χ0v) is 14.5. The van der Waals surface area contributed by atoms with E-state index in [-0.39, 0.29) is 24.0 Å². The molecule has 2 rings (SSSR count). The fourth-order valence-electron chi connectivity index (χ4n) is 2.44. The molecule has 4 nitrogen and oxygen atoms in total. The van der Waals surface area contributed by atoms with Crippen molar-refractivity contribution in [2.75, 3.05) is 0 Å². The van der Waals surface area contributed by atoms with Gasteiger partial charge >= 0.3 is 11.9 Å². The number of rotatable bonds is 7. The normalized spacial score (nSPS) is 11.7. The molecule has 0 spiro atoms. The van der Waals surface area contributed by atoms with Crippen molar-refractivity contribution in [1.29, 1.82) is 0 Å². The van der Waals surface area contributed by atoms with E-state index in [0.717, 1.165) is 15.6 Å². The largest absolute Gasteiger partial charge is 0.478 e. The molecule has 0 aliphatic carbocycles. The molecule has 0 saturated carbocycles. The van der Waals surface area contributed by atoms with Gasteiger partial charge in [0, 0.05) is 16.5 Å². The molecule has 0 saturated heterocycles. The molecule has 0 fully saturated rings. The van der Waals surface area contributed by atoms with Gasteiger partial charge in [0.05, 0.1) is 5.57 Å². The van der Waals surface area contributed by atoms with Crippen LogP contribution in [-0.4, -0.2) is 22.2 Å². The summed E-state index contributed by atoms with van der Waals surface area (Å²) in [6.45, 7) is 0. The Morgan fingerprint density at radius 2 is 1.42 bits per heavy atom. The Labute approximate surface area is 148 Å². The van der Waals surface area contributed by atoms with Crippen LogP contribution < -0.4 is 0 Å². The summed E-state index contributed by atoms with van der Waals surface area (Å²) in [5, 5.41) is 19.0. The van der Waals surface area contributed by atoms with E-state index in [2.05, 4.69) is 15.9 Å². The fourth-order valence-corrected chi connectivity index (χ4v) is 2.87. The summed E-state index contributed by atoms with van der Waals surface area (Å²) in [7, 11) is 0. The molecule has 0 unspecified atom stereocenters. The molecule has 0 heterocycles. The zero-order chi connectivity index (χ0) is 17.5. The fraction of sp³-hybridized carbons (Fsp3) is 0.158. The molecule has 2 aromatic carbocycles. The van der Waals surface area contributed by atoms with E-state index in [1.165, 1.54) is 0 Å². The second kappa shape index (κ2) is 8.45. The Bertz CT molecular complexity index is 766. The van der Waals surface area contributed by atoms with Crippen molar-refractivity contribution < 1.29 is 19.8 Å². The van der Waals surface area contributed by atoms with Gasteiger partial charge < -0.3 is 10.2 Å². The van der Waals surface area contributed by atoms with Crippen LogP contribution in [0.5, 0.6) is 0 Å². The molecule has 0 aliphatic rings. The Kier molecular flexibility index (Phi) is 6.32. The molecule has 0 aromatic heterocycles. The van der Waals surface area contributed by atoms with E-state index >= 15 is 0 Å². The van der Waals surface area contributed by atoms with Gasteiger partial charge in [-0.1, -0.05) is 64.5 Å². The second-order valence-corrected chi connectivity index (χ2v) is 6.18. The van der Waals surface area contributed by atoms with Crippen LogP contribution in [0.4, 0.5) is 0 Å². The molecule has 0 atom stereocenters. The van der Waals surface area contributed by atoms with Crippen molar-refractivity contribution in [2.45, 2.75) is 19.3 Å². The third-order valence-electron chi connectivity index (χ3n) is 3.71. The zero-order valence-electron chi connectivity index (χ0n) is 12.9. The first kappa shape index (κ1) is 17.9. The summed E-state index contributed by atoms with van der Waals surface area (Å²) in [6.07, 6.45) is 0.716. The van der Waals surface area contributed by atoms with Gasteiger partial charge in [0.25, 0.3) is 0 Å². The topological polar surface area (TPSA) is 74.6 Å². The van der Waals surface area contributed by atoms with Gasteiger partial charge in [-0.15, -0.1) is 0 Å². The number of aliphatic carboxylic acids is 2. The average molecular weight is 389 g/mol. The van der Waals surface area contributed by atoms with E-state index in [0.29, 0.717) is 6.42 Å². The smallest absolute Gasteiger partial charge is 0.332 e. The van der Waals surface area contributed by atoms with Gasteiger partial charge in [0.2, 0.25) is 0 Å². The molecule has 124 valence electrons. The Morgan fingerprint density at radius 1 is 0.833 bits per heavy atom. The lowest BCUT2D eigenvalue weighted by Crippen LogP contribution is -2.14. The number of aryl methyl sites for hydroxylation is 1. The predicted octanol–water partition coefficient (Wildman–Crippen LogP) is 4.09. The first-order valence-electron chi connectivity index (χ1n) is 7.45. The van der Waals surface area contributed by atoms with Crippen LogP contribution in [-0.2, 0) is 22.4 Å². The van der Waals surface area contributed by atoms with Gasteiger partial charge in [-0.05, 0) is 30.0 Å². The van der Waals surface area contributed by atoms with Crippen molar-refractivity contribution >= 4 is 27.9 Å². The maximum Gasteiger partial charge on any atom is 0.332 e. The highest BCUT2D eigenvalue weighted by molar-refractivity contribution is 9.10. The highest BCUT2D eigenvalue weighted by Crippen LogP contribution is 2.23. The first-order chi connectivity index (χ1) is 11.5. The molecular formula is C19H17BrO4. The van der Waals surface area contributed by atoms with E-state index in [4.69, 9.17) is 0 Å². The molecule has 24 heavy (non-hydrogen) atoms. The minimum Gasteiger partial charge on any atom is -0.478 e. The number of hydrogen-bond acceptors (Lipinski definition) is 2. The standard InChI is InChI=1S/C19H17BrO4/c20-17-9-5-4-8-14(17)12-16(19(23)24)15(18(21)22)11-10-13-6-2-1-3-7-13/h1-9H,10-12H2,(H,21,22)(H,23,24)/b16-15+. The van der Waals surface area contributed by atoms with Crippen LogP contribution in [0, 0.1) is 0 Å². The molecule has 2 N–H and O–H groups in total. The van der Waals surface area contributed by atoms with Gasteiger partial charge in [0.15, 0.2) is 0 Å². The number of halogens is 1. The summed E-state index contributed by atoms with van der Waals surface area (Å²) in [6, 6.07) is 16.6. The minimum absolute atomic E-state index is 0.0536. The van der Waals surface area contributed by atoms with Crippen molar-refractivity contribution in [3.63, 3.8) is 0 Å². The molecular weight excluding hydrogens is 372 g/mol. The number of benzene rings is 2. The van der Waals surface area contributed by atoms with Crippen LogP contribution in [0.15, 0.2) is 70.2 Å². The first-order valence-corrected chi connectivity index (χ1v) is 8.24. The van der Waals surface area contributed by atoms with Gasteiger partial charge in [-0.3, -0.25) is 0 Å².